The third kappa shape index (κ3) is 7.91. The lowest BCUT2D eigenvalue weighted by atomic mass is 9.46. The smallest absolute Gasteiger partial charge is 0.335 e. The fraction of sp³-hybridized carbons (Fsp3) is 0.721. The van der Waals surface area contributed by atoms with Gasteiger partial charge in [0.05, 0.1) is 18.8 Å². The molecule has 3 fully saturated rings. The number of hydrogen-bond donors (Lipinski definition) is 1. The molecule has 0 bridgehead atoms. The maximum absolute atomic E-state index is 12.4. The minimum atomic E-state index is -0.847. The van der Waals surface area contributed by atoms with Gasteiger partial charge in [-0.3, -0.25) is 0 Å². The second kappa shape index (κ2) is 16.0. The first-order valence-corrected chi connectivity index (χ1v) is 19.5. The van der Waals surface area contributed by atoms with E-state index in [1.165, 1.54) is 57.4 Å². The summed E-state index contributed by atoms with van der Waals surface area (Å²) in [6, 6.07) is 5.59. The molecule has 0 heterocycles. The van der Waals surface area contributed by atoms with Gasteiger partial charge in [-0.1, -0.05) is 72.1 Å². The summed E-state index contributed by atoms with van der Waals surface area (Å²) in [6.45, 7) is 16.9. The number of benzene rings is 1. The van der Waals surface area contributed by atoms with E-state index >= 15 is 0 Å². The molecule has 1 N–H and O–H groups in total. The lowest BCUT2D eigenvalue weighted by Gasteiger charge is -2.58. The molecule has 0 radical (unpaired) electrons. The van der Waals surface area contributed by atoms with Crippen LogP contribution in [0.1, 0.15) is 153 Å². The molecule has 4 aliphatic rings. The molecule has 0 amide bonds. The highest BCUT2D eigenvalue weighted by atomic mass is 16.5. The second-order valence-corrected chi connectivity index (χ2v) is 16.9. The molecule has 3 saturated carbocycles. The minimum absolute atomic E-state index is 0.213. The van der Waals surface area contributed by atoms with Gasteiger partial charge >= 0.3 is 11.9 Å². The number of fused-ring (bicyclic) bond motifs is 5. The van der Waals surface area contributed by atoms with Gasteiger partial charge in [0.1, 0.15) is 5.75 Å². The van der Waals surface area contributed by atoms with Crippen LogP contribution in [0.3, 0.4) is 0 Å². The SMILES string of the molecule is C=CC(=O)OCCCCCCOc1ccc(C(=O)O)c([C@H]2CC[C@@]3(C)C(=CC[C@H]4[C@@H]5CC[C@H]([C@H](C)CCCC(C)C)[C@@]5(C)CC[C@@H]43)C2)c1. The van der Waals surface area contributed by atoms with Crippen LogP contribution < -0.4 is 4.74 Å². The Morgan fingerprint density at radius 2 is 1.73 bits per heavy atom. The molecule has 4 aliphatic carbocycles. The van der Waals surface area contributed by atoms with Crippen molar-refractivity contribution in [2.45, 2.75) is 137 Å². The first kappa shape index (κ1) is 36.7. The van der Waals surface area contributed by atoms with Crippen LogP contribution in [0.4, 0.5) is 0 Å². The molecule has 1 aromatic rings. The van der Waals surface area contributed by atoms with E-state index in [0.29, 0.717) is 24.2 Å². The summed E-state index contributed by atoms with van der Waals surface area (Å²) < 4.78 is 11.2. The Morgan fingerprint density at radius 1 is 0.958 bits per heavy atom. The van der Waals surface area contributed by atoms with Gasteiger partial charge in [0, 0.05) is 6.08 Å². The van der Waals surface area contributed by atoms with E-state index in [2.05, 4.69) is 47.3 Å². The van der Waals surface area contributed by atoms with Crippen LogP contribution in [0, 0.1) is 46.3 Å². The van der Waals surface area contributed by atoms with Crippen LogP contribution in [0.25, 0.3) is 0 Å². The molecule has 0 aromatic heterocycles. The number of carbonyl (C=O) groups excluding carboxylic acids is 1. The predicted octanol–water partition coefficient (Wildman–Crippen LogP) is 11.2. The lowest BCUT2D eigenvalue weighted by Crippen LogP contribution is -2.50. The molecule has 0 saturated heterocycles. The lowest BCUT2D eigenvalue weighted by molar-refractivity contribution is -0.137. The average molecular weight is 661 g/mol. The molecule has 0 aliphatic heterocycles. The Balaban J connectivity index is 1.21. The van der Waals surface area contributed by atoms with E-state index in [1.807, 2.05) is 12.1 Å². The molecule has 0 unspecified atom stereocenters. The Kier molecular flexibility index (Phi) is 12.2. The summed E-state index contributed by atoms with van der Waals surface area (Å²) >= 11 is 0. The molecule has 5 rings (SSSR count). The summed E-state index contributed by atoms with van der Waals surface area (Å²) in [5.74, 6) is 4.69. The molecule has 8 atom stereocenters. The number of aromatic carboxylic acids is 1. The number of carboxylic acid groups (broad SMARTS) is 1. The van der Waals surface area contributed by atoms with Crippen molar-refractivity contribution in [2.24, 2.45) is 46.3 Å². The Morgan fingerprint density at radius 3 is 2.46 bits per heavy atom. The van der Waals surface area contributed by atoms with Gasteiger partial charge < -0.3 is 14.6 Å². The standard InChI is InChI=1S/C43H64O5/c1-7-40(44)48-26-11-9-8-10-25-47-33-16-18-34(41(45)46)36(28-33)31-21-23-42(5)32(27-31)15-17-35-38-20-19-37(30(4)14-12-13-29(2)3)43(38,6)24-22-39(35)42/h7,15-16,18,28-31,35,37-39H,1,8-14,17,19-27H2,2-6H3,(H,45,46)/t30-,31+,35+,37-,38+,39+,42+,43-/m1/s1. The second-order valence-electron chi connectivity index (χ2n) is 16.9. The van der Waals surface area contributed by atoms with Crippen molar-refractivity contribution in [3.05, 3.63) is 53.6 Å². The Bertz CT molecular complexity index is 1310. The van der Waals surface area contributed by atoms with E-state index in [0.717, 1.165) is 91.8 Å². The maximum Gasteiger partial charge on any atom is 0.335 e. The minimum Gasteiger partial charge on any atom is -0.494 e. The van der Waals surface area contributed by atoms with Crippen molar-refractivity contribution in [1.82, 2.24) is 0 Å². The fourth-order valence-corrected chi connectivity index (χ4v) is 11.1. The summed E-state index contributed by atoms with van der Waals surface area (Å²) in [5.41, 5.74) is 3.70. The fourth-order valence-electron chi connectivity index (χ4n) is 11.1. The predicted molar refractivity (Wildman–Crippen MR) is 194 cm³/mol. The van der Waals surface area contributed by atoms with Crippen molar-refractivity contribution in [3.8, 4) is 5.75 Å². The first-order valence-electron chi connectivity index (χ1n) is 19.5. The van der Waals surface area contributed by atoms with E-state index < -0.39 is 5.97 Å². The van der Waals surface area contributed by atoms with E-state index in [4.69, 9.17) is 9.47 Å². The van der Waals surface area contributed by atoms with E-state index in [9.17, 15) is 14.7 Å². The summed E-state index contributed by atoms with van der Waals surface area (Å²) in [7, 11) is 0. The van der Waals surface area contributed by atoms with Crippen molar-refractivity contribution >= 4 is 11.9 Å². The molecule has 266 valence electrons. The van der Waals surface area contributed by atoms with Crippen LogP contribution in [0.5, 0.6) is 5.75 Å². The zero-order valence-electron chi connectivity index (χ0n) is 30.7. The summed E-state index contributed by atoms with van der Waals surface area (Å²) in [4.78, 5) is 23.5. The van der Waals surface area contributed by atoms with Crippen molar-refractivity contribution < 1.29 is 24.2 Å². The zero-order chi connectivity index (χ0) is 34.5. The van der Waals surface area contributed by atoms with Crippen LogP contribution in [-0.4, -0.2) is 30.3 Å². The molecule has 5 heteroatoms. The van der Waals surface area contributed by atoms with Crippen LogP contribution >= 0.6 is 0 Å². The third-order valence-electron chi connectivity index (χ3n) is 13.7. The number of ether oxygens (including phenoxy) is 2. The summed E-state index contributed by atoms with van der Waals surface area (Å²) in [5, 5.41) is 10.1. The Labute approximate surface area is 291 Å². The van der Waals surface area contributed by atoms with Gasteiger partial charge in [0.25, 0.3) is 0 Å². The van der Waals surface area contributed by atoms with Gasteiger partial charge in [0.2, 0.25) is 0 Å². The normalized spacial score (nSPS) is 31.6. The van der Waals surface area contributed by atoms with Crippen LogP contribution in [0.15, 0.2) is 42.5 Å². The largest absolute Gasteiger partial charge is 0.494 e. The quantitative estimate of drug-likeness (QED) is 0.0827. The monoisotopic (exact) mass is 660 g/mol. The number of esters is 1. The number of carbonyl (C=O) groups is 2. The number of rotatable bonds is 16. The van der Waals surface area contributed by atoms with Gasteiger partial charge in [0.15, 0.2) is 0 Å². The molecule has 5 nitrogen and oxygen atoms in total. The topological polar surface area (TPSA) is 72.8 Å². The highest BCUT2D eigenvalue weighted by Crippen LogP contribution is 2.68. The van der Waals surface area contributed by atoms with Crippen molar-refractivity contribution in [2.75, 3.05) is 13.2 Å². The van der Waals surface area contributed by atoms with Crippen LogP contribution in [0.2, 0.25) is 0 Å². The number of carboxylic acids is 1. The van der Waals surface area contributed by atoms with Gasteiger partial charge in [-0.05, 0) is 153 Å². The average Bonchev–Trinajstić information content (AvgIpc) is 3.42. The maximum atomic E-state index is 12.4. The Hall–Kier alpha value is -2.56. The van der Waals surface area contributed by atoms with Crippen molar-refractivity contribution in [3.63, 3.8) is 0 Å². The molecule has 1 aromatic carbocycles. The van der Waals surface area contributed by atoms with Crippen molar-refractivity contribution in [1.29, 1.82) is 0 Å². The first-order chi connectivity index (χ1) is 23.0. The van der Waals surface area contributed by atoms with Crippen LogP contribution in [-0.2, 0) is 9.53 Å². The third-order valence-corrected chi connectivity index (χ3v) is 13.7. The van der Waals surface area contributed by atoms with Gasteiger partial charge in [-0.25, -0.2) is 9.59 Å². The zero-order valence-corrected chi connectivity index (χ0v) is 30.7. The van der Waals surface area contributed by atoms with E-state index in [1.54, 1.807) is 11.6 Å². The van der Waals surface area contributed by atoms with E-state index in [-0.39, 0.29) is 17.3 Å². The molecular weight excluding hydrogens is 596 g/mol. The highest BCUT2D eigenvalue weighted by molar-refractivity contribution is 5.90. The molecular formula is C43H64O5. The molecule has 48 heavy (non-hydrogen) atoms. The highest BCUT2D eigenvalue weighted by Gasteiger charge is 2.59. The molecule has 0 spiro atoms. The number of hydrogen-bond acceptors (Lipinski definition) is 4. The van der Waals surface area contributed by atoms with Gasteiger partial charge in [-0.15, -0.1) is 0 Å². The van der Waals surface area contributed by atoms with Gasteiger partial charge in [-0.2, -0.15) is 0 Å². The summed E-state index contributed by atoms with van der Waals surface area (Å²) in [6.07, 6.45) is 21.6. The number of unbranched alkanes of at least 4 members (excludes halogenated alkanes) is 3. The number of allylic oxidation sites excluding steroid dienone is 2.